The van der Waals surface area contributed by atoms with Gasteiger partial charge in [0.1, 0.15) is 0 Å². The molecule has 1 amide bonds. The Morgan fingerprint density at radius 1 is 1.53 bits per heavy atom. The van der Waals surface area contributed by atoms with E-state index in [0.29, 0.717) is 12.3 Å². The first-order valence-corrected chi connectivity index (χ1v) is 7.97. The van der Waals surface area contributed by atoms with E-state index < -0.39 is 0 Å². The van der Waals surface area contributed by atoms with Crippen molar-refractivity contribution >= 4 is 22.4 Å². The predicted molar refractivity (Wildman–Crippen MR) is 78.4 cm³/mol. The van der Waals surface area contributed by atoms with Crippen LogP contribution in [-0.4, -0.2) is 10.9 Å². The summed E-state index contributed by atoms with van der Waals surface area (Å²) < 4.78 is 0. The summed E-state index contributed by atoms with van der Waals surface area (Å²) in [5.41, 5.74) is 1.21. The van der Waals surface area contributed by atoms with Gasteiger partial charge in [-0.05, 0) is 43.9 Å². The van der Waals surface area contributed by atoms with Gasteiger partial charge in [0.05, 0.1) is 5.69 Å². The fraction of sp³-hybridized carbons (Fsp3) is 0.600. The van der Waals surface area contributed by atoms with E-state index in [1.54, 1.807) is 11.3 Å². The zero-order valence-electron chi connectivity index (χ0n) is 11.3. The standard InChI is InChI=1S/C15H20N2OS/c1-10-6-7-12-13(8-10)19-15(16-12)17-14(18)9-11-4-2-3-5-11/h2,4,10-11H,3,5-9H2,1H3,(H,16,17,18). The van der Waals surface area contributed by atoms with E-state index in [0.717, 1.165) is 36.7 Å². The number of rotatable bonds is 3. The molecule has 1 aromatic heterocycles. The second-order valence-electron chi connectivity index (χ2n) is 5.75. The van der Waals surface area contributed by atoms with Crippen molar-refractivity contribution < 1.29 is 4.79 Å². The first kappa shape index (κ1) is 12.9. The molecule has 4 heteroatoms. The van der Waals surface area contributed by atoms with Crippen molar-refractivity contribution in [3.05, 3.63) is 22.7 Å². The van der Waals surface area contributed by atoms with Gasteiger partial charge >= 0.3 is 0 Å². The highest BCUT2D eigenvalue weighted by molar-refractivity contribution is 7.15. The number of nitrogens with zero attached hydrogens (tertiary/aromatic N) is 1. The van der Waals surface area contributed by atoms with Gasteiger partial charge in [-0.3, -0.25) is 4.79 Å². The molecule has 3 rings (SSSR count). The van der Waals surface area contributed by atoms with E-state index >= 15 is 0 Å². The van der Waals surface area contributed by atoms with Gasteiger partial charge in [-0.1, -0.05) is 19.1 Å². The number of fused-ring (bicyclic) bond motifs is 1. The van der Waals surface area contributed by atoms with Crippen molar-refractivity contribution in [1.82, 2.24) is 4.98 Å². The van der Waals surface area contributed by atoms with E-state index in [2.05, 4.69) is 29.4 Å². The molecule has 0 aliphatic heterocycles. The van der Waals surface area contributed by atoms with Gasteiger partial charge < -0.3 is 5.32 Å². The number of anilines is 1. The minimum absolute atomic E-state index is 0.107. The van der Waals surface area contributed by atoms with Gasteiger partial charge in [0.25, 0.3) is 0 Å². The molecule has 0 saturated heterocycles. The fourth-order valence-corrected chi connectivity index (χ4v) is 4.05. The first-order valence-electron chi connectivity index (χ1n) is 7.16. The van der Waals surface area contributed by atoms with Crippen LogP contribution in [0.2, 0.25) is 0 Å². The Bertz CT molecular complexity index is 506. The van der Waals surface area contributed by atoms with Gasteiger partial charge in [-0.15, -0.1) is 11.3 Å². The maximum absolute atomic E-state index is 12.0. The molecule has 2 aliphatic rings. The smallest absolute Gasteiger partial charge is 0.226 e. The lowest BCUT2D eigenvalue weighted by atomic mass is 9.93. The minimum Gasteiger partial charge on any atom is -0.302 e. The molecule has 2 aliphatic carbocycles. The molecule has 3 nitrogen and oxygen atoms in total. The summed E-state index contributed by atoms with van der Waals surface area (Å²) in [5, 5.41) is 3.77. The molecular weight excluding hydrogens is 256 g/mol. The van der Waals surface area contributed by atoms with Gasteiger partial charge in [-0.2, -0.15) is 0 Å². The third-order valence-corrected chi connectivity index (χ3v) is 5.03. The first-order chi connectivity index (χ1) is 9.20. The summed E-state index contributed by atoms with van der Waals surface area (Å²) >= 11 is 1.66. The zero-order chi connectivity index (χ0) is 13.2. The molecule has 0 fully saturated rings. The van der Waals surface area contributed by atoms with Crippen molar-refractivity contribution in [2.75, 3.05) is 5.32 Å². The number of aryl methyl sites for hydroxylation is 1. The van der Waals surface area contributed by atoms with E-state index in [1.165, 1.54) is 17.0 Å². The Morgan fingerprint density at radius 2 is 2.42 bits per heavy atom. The Labute approximate surface area is 118 Å². The lowest BCUT2D eigenvalue weighted by Gasteiger charge is -2.15. The van der Waals surface area contributed by atoms with Crippen LogP contribution in [0.25, 0.3) is 0 Å². The number of allylic oxidation sites excluding steroid dienone is 2. The highest BCUT2D eigenvalue weighted by Gasteiger charge is 2.21. The van der Waals surface area contributed by atoms with Crippen molar-refractivity contribution in [3.63, 3.8) is 0 Å². The second kappa shape index (κ2) is 5.45. The number of carbonyl (C=O) groups is 1. The van der Waals surface area contributed by atoms with Crippen molar-refractivity contribution in [2.45, 2.75) is 45.4 Å². The van der Waals surface area contributed by atoms with Gasteiger partial charge in [0.2, 0.25) is 5.91 Å². The average molecular weight is 276 g/mol. The molecular formula is C15H20N2OS. The molecule has 2 atom stereocenters. The minimum atomic E-state index is 0.107. The van der Waals surface area contributed by atoms with Crippen LogP contribution in [0.15, 0.2) is 12.2 Å². The lowest BCUT2D eigenvalue weighted by Crippen LogP contribution is -2.14. The van der Waals surface area contributed by atoms with Crippen LogP contribution in [0.3, 0.4) is 0 Å². The van der Waals surface area contributed by atoms with Gasteiger partial charge in [0, 0.05) is 11.3 Å². The largest absolute Gasteiger partial charge is 0.302 e. The van der Waals surface area contributed by atoms with Crippen LogP contribution >= 0.6 is 11.3 Å². The average Bonchev–Trinajstić information content (AvgIpc) is 2.97. The Balaban J connectivity index is 1.60. The number of hydrogen-bond donors (Lipinski definition) is 1. The number of amides is 1. The van der Waals surface area contributed by atoms with Crippen LogP contribution in [0, 0.1) is 11.8 Å². The van der Waals surface area contributed by atoms with Crippen LogP contribution in [-0.2, 0) is 17.6 Å². The molecule has 0 spiro atoms. The fourth-order valence-electron chi connectivity index (χ4n) is 2.87. The van der Waals surface area contributed by atoms with Crippen LogP contribution in [0.4, 0.5) is 5.13 Å². The SMILES string of the molecule is CC1CCc2nc(NC(=O)CC3C=CCC3)sc2C1. The summed E-state index contributed by atoms with van der Waals surface area (Å²) in [7, 11) is 0. The van der Waals surface area contributed by atoms with Crippen LogP contribution in [0.1, 0.15) is 43.2 Å². The highest BCUT2D eigenvalue weighted by Crippen LogP contribution is 2.32. The van der Waals surface area contributed by atoms with E-state index in [-0.39, 0.29) is 5.91 Å². The maximum Gasteiger partial charge on any atom is 0.226 e. The summed E-state index contributed by atoms with van der Waals surface area (Å²) in [6.07, 6.45) is 10.5. The predicted octanol–water partition coefficient (Wildman–Crippen LogP) is 3.56. The number of thiazole rings is 1. The molecule has 0 saturated carbocycles. The maximum atomic E-state index is 12.0. The quantitative estimate of drug-likeness (QED) is 0.858. The van der Waals surface area contributed by atoms with Crippen LogP contribution < -0.4 is 5.32 Å². The summed E-state index contributed by atoms with van der Waals surface area (Å²) in [6.45, 7) is 2.29. The molecule has 1 N–H and O–H groups in total. The Kier molecular flexibility index (Phi) is 3.69. The normalized spacial score (nSPS) is 25.3. The summed E-state index contributed by atoms with van der Waals surface area (Å²) in [6, 6.07) is 0. The molecule has 19 heavy (non-hydrogen) atoms. The molecule has 2 unspecified atom stereocenters. The van der Waals surface area contributed by atoms with Crippen molar-refractivity contribution in [3.8, 4) is 0 Å². The molecule has 0 bridgehead atoms. The third kappa shape index (κ3) is 3.06. The van der Waals surface area contributed by atoms with Crippen molar-refractivity contribution in [1.29, 1.82) is 0 Å². The van der Waals surface area contributed by atoms with E-state index in [9.17, 15) is 4.79 Å². The van der Waals surface area contributed by atoms with E-state index in [4.69, 9.17) is 0 Å². The molecule has 0 radical (unpaired) electrons. The highest BCUT2D eigenvalue weighted by atomic mass is 32.1. The number of carbonyl (C=O) groups excluding carboxylic acids is 1. The van der Waals surface area contributed by atoms with Crippen LogP contribution in [0.5, 0.6) is 0 Å². The molecule has 102 valence electrons. The summed E-state index contributed by atoms with van der Waals surface area (Å²) in [5.74, 6) is 1.28. The zero-order valence-corrected chi connectivity index (χ0v) is 12.1. The van der Waals surface area contributed by atoms with Gasteiger partial charge in [0.15, 0.2) is 5.13 Å². The monoisotopic (exact) mass is 276 g/mol. The number of nitrogens with one attached hydrogen (secondary N) is 1. The molecule has 1 aromatic rings. The third-order valence-electron chi connectivity index (χ3n) is 3.99. The second-order valence-corrected chi connectivity index (χ2v) is 6.84. The Hall–Kier alpha value is -1.16. The van der Waals surface area contributed by atoms with Crippen molar-refractivity contribution in [2.24, 2.45) is 11.8 Å². The van der Waals surface area contributed by atoms with Gasteiger partial charge in [-0.25, -0.2) is 4.98 Å². The lowest BCUT2D eigenvalue weighted by molar-refractivity contribution is -0.116. The van der Waals surface area contributed by atoms with E-state index in [1.807, 2.05) is 0 Å². The molecule has 0 aromatic carbocycles. The number of hydrogen-bond acceptors (Lipinski definition) is 3. The summed E-state index contributed by atoms with van der Waals surface area (Å²) in [4.78, 5) is 17.9. The number of aromatic nitrogens is 1. The topological polar surface area (TPSA) is 42.0 Å². The Morgan fingerprint density at radius 3 is 3.21 bits per heavy atom. The molecule has 1 heterocycles.